The Morgan fingerprint density at radius 1 is 1.44 bits per heavy atom. The van der Waals surface area contributed by atoms with Crippen molar-refractivity contribution >= 4 is 43.3 Å². The van der Waals surface area contributed by atoms with Gasteiger partial charge in [-0.2, -0.15) is 0 Å². The average Bonchev–Trinajstić information content (AvgIpc) is 2.76. The Labute approximate surface area is 107 Å². The first kappa shape index (κ1) is 13.1. The van der Waals surface area contributed by atoms with Gasteiger partial charge in [0.15, 0.2) is 0 Å². The minimum atomic E-state index is -0.307. The van der Waals surface area contributed by atoms with Gasteiger partial charge in [0, 0.05) is 22.3 Å². The molecule has 16 heavy (non-hydrogen) atoms. The van der Waals surface area contributed by atoms with E-state index in [2.05, 4.69) is 25.7 Å². The number of carbonyl (C=O) groups is 1. The maximum atomic E-state index is 11.2. The lowest BCUT2D eigenvalue weighted by Crippen LogP contribution is -1.96. The van der Waals surface area contributed by atoms with Gasteiger partial charge in [0.1, 0.15) is 4.88 Å². The van der Waals surface area contributed by atoms with E-state index in [0.29, 0.717) is 4.88 Å². The molecule has 0 aliphatic heterocycles. The van der Waals surface area contributed by atoms with Gasteiger partial charge in [-0.25, -0.2) is 4.79 Å². The summed E-state index contributed by atoms with van der Waals surface area (Å²) in [6.07, 6.45) is 3.44. The standard InChI is InChI=1S/C9H6BrNO2S.C2H6/c1-13-9(12)7-2-5-6(10)3-11-4-8(5)14-7;1-2/h2-4H,1H3;1-2H3. The molecule has 86 valence electrons. The van der Waals surface area contributed by atoms with Crippen LogP contribution in [0.15, 0.2) is 22.9 Å². The number of fused-ring (bicyclic) bond motifs is 1. The van der Waals surface area contributed by atoms with Gasteiger partial charge in [0.05, 0.1) is 11.8 Å². The summed E-state index contributed by atoms with van der Waals surface area (Å²) in [5.74, 6) is -0.307. The first-order chi connectivity index (χ1) is 7.72. The third-order valence-corrected chi connectivity index (χ3v) is 3.47. The fraction of sp³-hybridized carbons (Fsp3) is 0.273. The molecule has 0 atom stereocenters. The molecule has 0 radical (unpaired) electrons. The maximum Gasteiger partial charge on any atom is 0.348 e. The summed E-state index contributed by atoms with van der Waals surface area (Å²) >= 11 is 4.75. The number of halogens is 1. The number of rotatable bonds is 1. The SMILES string of the molecule is CC.COC(=O)c1cc2c(Br)cncc2s1. The molecule has 0 saturated carbocycles. The van der Waals surface area contributed by atoms with Crippen LogP contribution in [0, 0.1) is 0 Å². The summed E-state index contributed by atoms with van der Waals surface area (Å²) in [5, 5.41) is 0.991. The molecular formula is C11H12BrNO2S. The number of nitrogens with zero attached hydrogens (tertiary/aromatic N) is 1. The smallest absolute Gasteiger partial charge is 0.348 e. The van der Waals surface area contributed by atoms with Crippen molar-refractivity contribution in [3.05, 3.63) is 27.8 Å². The number of esters is 1. The van der Waals surface area contributed by atoms with Crippen molar-refractivity contribution in [2.75, 3.05) is 7.11 Å². The Morgan fingerprint density at radius 3 is 2.69 bits per heavy atom. The number of carbonyl (C=O) groups excluding carboxylic acids is 1. The summed E-state index contributed by atoms with van der Waals surface area (Å²) in [6.45, 7) is 4.00. The number of ether oxygens (including phenoxy) is 1. The molecule has 0 aromatic carbocycles. The van der Waals surface area contributed by atoms with Crippen LogP contribution >= 0.6 is 27.3 Å². The zero-order chi connectivity index (χ0) is 12.1. The third-order valence-electron chi connectivity index (χ3n) is 1.78. The van der Waals surface area contributed by atoms with Crippen LogP contribution in [0.2, 0.25) is 0 Å². The molecule has 3 nitrogen and oxygen atoms in total. The molecule has 2 rings (SSSR count). The van der Waals surface area contributed by atoms with Crippen LogP contribution in [0.4, 0.5) is 0 Å². The minimum absolute atomic E-state index is 0.307. The van der Waals surface area contributed by atoms with Gasteiger partial charge < -0.3 is 4.74 Å². The van der Waals surface area contributed by atoms with Crippen molar-refractivity contribution in [3.8, 4) is 0 Å². The Balaban J connectivity index is 0.000000606. The molecule has 0 fully saturated rings. The fourth-order valence-corrected chi connectivity index (χ4v) is 2.68. The lowest BCUT2D eigenvalue weighted by Gasteiger charge is -1.90. The Kier molecular flexibility index (Phi) is 4.89. The molecule has 2 heterocycles. The van der Waals surface area contributed by atoms with E-state index in [1.54, 1.807) is 18.5 Å². The van der Waals surface area contributed by atoms with Crippen LogP contribution < -0.4 is 0 Å². The Bertz CT molecular complexity index is 496. The lowest BCUT2D eigenvalue weighted by atomic mass is 10.3. The molecule has 0 saturated heterocycles. The van der Waals surface area contributed by atoms with E-state index >= 15 is 0 Å². The zero-order valence-corrected chi connectivity index (χ0v) is 11.7. The minimum Gasteiger partial charge on any atom is -0.465 e. The molecule has 0 N–H and O–H groups in total. The first-order valence-electron chi connectivity index (χ1n) is 4.83. The van der Waals surface area contributed by atoms with Crippen molar-refractivity contribution < 1.29 is 9.53 Å². The lowest BCUT2D eigenvalue weighted by molar-refractivity contribution is 0.0606. The fourth-order valence-electron chi connectivity index (χ4n) is 1.13. The molecule has 0 amide bonds. The van der Waals surface area contributed by atoms with Gasteiger partial charge in [-0.3, -0.25) is 4.98 Å². The van der Waals surface area contributed by atoms with Gasteiger partial charge in [-0.15, -0.1) is 11.3 Å². The van der Waals surface area contributed by atoms with Crippen molar-refractivity contribution in [3.63, 3.8) is 0 Å². The number of thiophene rings is 1. The highest BCUT2D eigenvalue weighted by Crippen LogP contribution is 2.30. The molecular weight excluding hydrogens is 290 g/mol. The van der Waals surface area contributed by atoms with Crippen LogP contribution in [0.25, 0.3) is 10.1 Å². The van der Waals surface area contributed by atoms with E-state index in [1.165, 1.54) is 18.4 Å². The van der Waals surface area contributed by atoms with E-state index in [4.69, 9.17) is 0 Å². The van der Waals surface area contributed by atoms with Crippen LogP contribution in [-0.2, 0) is 4.74 Å². The topological polar surface area (TPSA) is 39.2 Å². The van der Waals surface area contributed by atoms with E-state index in [9.17, 15) is 4.79 Å². The summed E-state index contributed by atoms with van der Waals surface area (Å²) in [7, 11) is 1.38. The average molecular weight is 302 g/mol. The second-order valence-corrected chi connectivity index (χ2v) is 4.57. The Hall–Kier alpha value is -0.940. The highest BCUT2D eigenvalue weighted by Gasteiger charge is 2.11. The van der Waals surface area contributed by atoms with Gasteiger partial charge in [-0.1, -0.05) is 13.8 Å². The van der Waals surface area contributed by atoms with Crippen molar-refractivity contribution in [1.82, 2.24) is 4.98 Å². The predicted octanol–water partition coefficient (Wildman–Crippen LogP) is 3.87. The number of pyridine rings is 1. The molecule has 5 heteroatoms. The van der Waals surface area contributed by atoms with Crippen molar-refractivity contribution in [2.24, 2.45) is 0 Å². The first-order valence-corrected chi connectivity index (χ1v) is 6.44. The number of aromatic nitrogens is 1. The number of hydrogen-bond acceptors (Lipinski definition) is 4. The summed E-state index contributed by atoms with van der Waals surface area (Å²) < 4.78 is 6.50. The van der Waals surface area contributed by atoms with Crippen LogP contribution in [0.5, 0.6) is 0 Å². The predicted molar refractivity (Wildman–Crippen MR) is 70.0 cm³/mol. The van der Waals surface area contributed by atoms with Crippen LogP contribution in [0.1, 0.15) is 23.5 Å². The van der Waals surface area contributed by atoms with E-state index in [-0.39, 0.29) is 5.97 Å². The quantitative estimate of drug-likeness (QED) is 0.751. The second kappa shape index (κ2) is 5.96. The molecule has 0 aliphatic rings. The Morgan fingerprint density at radius 2 is 2.12 bits per heavy atom. The van der Waals surface area contributed by atoms with E-state index in [0.717, 1.165) is 14.6 Å². The van der Waals surface area contributed by atoms with Crippen LogP contribution in [0.3, 0.4) is 0 Å². The van der Waals surface area contributed by atoms with E-state index in [1.807, 2.05) is 13.8 Å². The van der Waals surface area contributed by atoms with Crippen LogP contribution in [-0.4, -0.2) is 18.1 Å². The highest BCUT2D eigenvalue weighted by molar-refractivity contribution is 9.10. The summed E-state index contributed by atoms with van der Waals surface area (Å²) in [6, 6.07) is 1.80. The number of methoxy groups -OCH3 is 1. The zero-order valence-electron chi connectivity index (χ0n) is 9.28. The molecule has 2 aromatic heterocycles. The van der Waals surface area contributed by atoms with Gasteiger partial charge in [0.25, 0.3) is 0 Å². The van der Waals surface area contributed by atoms with Gasteiger partial charge >= 0.3 is 5.97 Å². The van der Waals surface area contributed by atoms with Gasteiger partial charge in [0.2, 0.25) is 0 Å². The van der Waals surface area contributed by atoms with Gasteiger partial charge in [-0.05, 0) is 22.0 Å². The summed E-state index contributed by atoms with van der Waals surface area (Å²) in [5.41, 5.74) is 0. The normalized spacial score (nSPS) is 9.50. The molecule has 0 bridgehead atoms. The van der Waals surface area contributed by atoms with Crippen molar-refractivity contribution in [1.29, 1.82) is 0 Å². The maximum absolute atomic E-state index is 11.2. The molecule has 0 aliphatic carbocycles. The number of hydrogen-bond donors (Lipinski definition) is 0. The molecule has 0 unspecified atom stereocenters. The highest BCUT2D eigenvalue weighted by atomic mass is 79.9. The summed E-state index contributed by atoms with van der Waals surface area (Å²) in [4.78, 5) is 15.9. The monoisotopic (exact) mass is 301 g/mol. The molecule has 0 spiro atoms. The molecule has 2 aromatic rings. The van der Waals surface area contributed by atoms with Crippen molar-refractivity contribution in [2.45, 2.75) is 13.8 Å². The van der Waals surface area contributed by atoms with E-state index < -0.39 is 0 Å². The largest absolute Gasteiger partial charge is 0.465 e. The third kappa shape index (κ3) is 2.59. The second-order valence-electron chi connectivity index (χ2n) is 2.64.